The molecule has 1 fully saturated rings. The van der Waals surface area contributed by atoms with Gasteiger partial charge in [-0.05, 0) is 13.0 Å². The van der Waals surface area contributed by atoms with Crippen LogP contribution in [0.15, 0.2) is 18.2 Å². The summed E-state index contributed by atoms with van der Waals surface area (Å²) in [5.74, 6) is -0.968. The van der Waals surface area contributed by atoms with Crippen molar-refractivity contribution in [3.8, 4) is 0 Å². The summed E-state index contributed by atoms with van der Waals surface area (Å²) >= 11 is 0. The lowest BCUT2D eigenvalue weighted by atomic mass is 9.89. The third kappa shape index (κ3) is 2.72. The van der Waals surface area contributed by atoms with Crippen molar-refractivity contribution >= 4 is 17.3 Å². The molecule has 2 rings (SSSR count). The Morgan fingerprint density at radius 2 is 2.10 bits per heavy atom. The Morgan fingerprint density at radius 1 is 1.45 bits per heavy atom. The van der Waals surface area contributed by atoms with E-state index in [1.807, 2.05) is 0 Å². The number of aliphatic carboxylic acids is 1. The van der Waals surface area contributed by atoms with E-state index in [2.05, 4.69) is 5.32 Å². The zero-order valence-electron chi connectivity index (χ0n) is 11.1. The number of rotatable bonds is 4. The molecule has 0 unspecified atom stereocenters. The van der Waals surface area contributed by atoms with Gasteiger partial charge in [0.1, 0.15) is 5.54 Å². The molecule has 7 nitrogen and oxygen atoms in total. The van der Waals surface area contributed by atoms with E-state index in [9.17, 15) is 20.0 Å². The van der Waals surface area contributed by atoms with Crippen LogP contribution >= 0.6 is 0 Å². The summed E-state index contributed by atoms with van der Waals surface area (Å²) in [6, 6.07) is 4.63. The lowest BCUT2D eigenvalue weighted by Crippen LogP contribution is -2.50. The molecule has 1 aliphatic rings. The molecule has 1 aliphatic heterocycles. The van der Waals surface area contributed by atoms with Gasteiger partial charge in [-0.25, -0.2) is 4.79 Å². The first kappa shape index (κ1) is 14.3. The van der Waals surface area contributed by atoms with Crippen LogP contribution in [0.25, 0.3) is 0 Å². The molecule has 2 N–H and O–H groups in total. The van der Waals surface area contributed by atoms with Crippen LogP contribution in [0.1, 0.15) is 18.4 Å². The minimum absolute atomic E-state index is 0.0254. The van der Waals surface area contributed by atoms with Crippen molar-refractivity contribution < 1.29 is 19.6 Å². The SMILES string of the molecule is Cc1ccc(NC2(C(=O)O)CCOCC2)cc1[N+](=O)[O-]. The molecule has 1 aromatic rings. The van der Waals surface area contributed by atoms with Crippen molar-refractivity contribution in [1.82, 2.24) is 0 Å². The van der Waals surface area contributed by atoms with Crippen molar-refractivity contribution in [2.45, 2.75) is 25.3 Å². The predicted octanol–water partition coefficient (Wildman–Crippen LogP) is 1.95. The lowest BCUT2D eigenvalue weighted by Gasteiger charge is -2.34. The maximum atomic E-state index is 11.5. The Bertz CT molecular complexity index is 538. The van der Waals surface area contributed by atoms with E-state index in [0.29, 0.717) is 37.3 Å². The maximum absolute atomic E-state index is 11.5. The van der Waals surface area contributed by atoms with Gasteiger partial charge >= 0.3 is 5.97 Å². The zero-order chi connectivity index (χ0) is 14.8. The molecule has 20 heavy (non-hydrogen) atoms. The number of aryl methyl sites for hydroxylation is 1. The average molecular weight is 280 g/mol. The van der Waals surface area contributed by atoms with Crippen LogP contribution in [0, 0.1) is 17.0 Å². The summed E-state index contributed by atoms with van der Waals surface area (Å²) in [7, 11) is 0. The summed E-state index contributed by atoms with van der Waals surface area (Å²) < 4.78 is 5.18. The van der Waals surface area contributed by atoms with Crippen molar-refractivity contribution in [2.24, 2.45) is 0 Å². The summed E-state index contributed by atoms with van der Waals surface area (Å²) in [5, 5.41) is 23.3. The molecular weight excluding hydrogens is 264 g/mol. The molecule has 0 spiro atoms. The number of hydrogen-bond acceptors (Lipinski definition) is 5. The Balaban J connectivity index is 2.29. The van der Waals surface area contributed by atoms with E-state index in [1.165, 1.54) is 6.07 Å². The first-order chi connectivity index (χ1) is 9.44. The summed E-state index contributed by atoms with van der Waals surface area (Å²) in [6.45, 7) is 2.35. The second-order valence-electron chi connectivity index (χ2n) is 4.88. The highest BCUT2D eigenvalue weighted by molar-refractivity contribution is 5.83. The van der Waals surface area contributed by atoms with Crippen LogP contribution in [0.5, 0.6) is 0 Å². The Hall–Kier alpha value is -2.15. The van der Waals surface area contributed by atoms with E-state index in [4.69, 9.17) is 4.74 Å². The third-order valence-corrected chi connectivity index (χ3v) is 3.55. The van der Waals surface area contributed by atoms with E-state index in [0.717, 1.165) is 0 Å². The van der Waals surface area contributed by atoms with Gasteiger partial charge in [0.2, 0.25) is 0 Å². The molecule has 0 aromatic heterocycles. The molecule has 0 atom stereocenters. The molecule has 0 saturated carbocycles. The molecule has 0 aliphatic carbocycles. The van der Waals surface area contributed by atoms with Gasteiger partial charge < -0.3 is 15.2 Å². The van der Waals surface area contributed by atoms with Gasteiger partial charge in [0.25, 0.3) is 5.69 Å². The fourth-order valence-electron chi connectivity index (χ4n) is 2.27. The fourth-order valence-corrected chi connectivity index (χ4v) is 2.27. The van der Waals surface area contributed by atoms with Gasteiger partial charge in [-0.2, -0.15) is 0 Å². The molecule has 1 saturated heterocycles. The topological polar surface area (TPSA) is 102 Å². The minimum atomic E-state index is -1.12. The van der Waals surface area contributed by atoms with Crippen molar-refractivity contribution in [3.05, 3.63) is 33.9 Å². The number of carbonyl (C=O) groups is 1. The van der Waals surface area contributed by atoms with Crippen molar-refractivity contribution in [3.63, 3.8) is 0 Å². The number of carboxylic acid groups (broad SMARTS) is 1. The highest BCUT2D eigenvalue weighted by atomic mass is 16.6. The van der Waals surface area contributed by atoms with Gasteiger partial charge in [0, 0.05) is 43.4 Å². The molecular formula is C13H16N2O5. The van der Waals surface area contributed by atoms with Crippen molar-refractivity contribution in [1.29, 1.82) is 0 Å². The Kier molecular flexibility index (Phi) is 3.89. The van der Waals surface area contributed by atoms with Gasteiger partial charge in [-0.3, -0.25) is 10.1 Å². The molecule has 1 heterocycles. The van der Waals surface area contributed by atoms with E-state index in [1.54, 1.807) is 19.1 Å². The van der Waals surface area contributed by atoms with Crippen molar-refractivity contribution in [2.75, 3.05) is 18.5 Å². The average Bonchev–Trinajstić information content (AvgIpc) is 2.41. The van der Waals surface area contributed by atoms with E-state index >= 15 is 0 Å². The van der Waals surface area contributed by atoms with Gasteiger partial charge in [0.05, 0.1) is 4.92 Å². The summed E-state index contributed by atoms with van der Waals surface area (Å²) in [5.41, 5.74) is -0.174. The normalized spacial score (nSPS) is 17.4. The second kappa shape index (κ2) is 5.46. The summed E-state index contributed by atoms with van der Waals surface area (Å²) in [6.07, 6.45) is 0.647. The van der Waals surface area contributed by atoms with E-state index < -0.39 is 16.4 Å². The Morgan fingerprint density at radius 3 is 2.65 bits per heavy atom. The fraction of sp³-hybridized carbons (Fsp3) is 0.462. The zero-order valence-corrected chi connectivity index (χ0v) is 11.1. The van der Waals surface area contributed by atoms with E-state index in [-0.39, 0.29) is 5.69 Å². The number of nitro groups is 1. The molecule has 0 amide bonds. The number of nitrogens with one attached hydrogen (secondary N) is 1. The minimum Gasteiger partial charge on any atom is -0.480 e. The third-order valence-electron chi connectivity index (χ3n) is 3.55. The number of nitrogens with zero attached hydrogens (tertiary/aromatic N) is 1. The molecule has 0 bridgehead atoms. The van der Waals surface area contributed by atoms with Crippen LogP contribution < -0.4 is 5.32 Å². The standard InChI is InChI=1S/C13H16N2O5/c1-9-2-3-10(8-11(9)15(18)19)14-13(12(16)17)4-6-20-7-5-13/h2-3,8,14H,4-7H2,1H3,(H,16,17). The molecule has 7 heteroatoms. The smallest absolute Gasteiger partial charge is 0.329 e. The van der Waals surface area contributed by atoms with Gasteiger partial charge in [0.15, 0.2) is 0 Å². The quantitative estimate of drug-likeness (QED) is 0.645. The van der Waals surface area contributed by atoms with Gasteiger partial charge in [-0.15, -0.1) is 0 Å². The van der Waals surface area contributed by atoms with Crippen LogP contribution in [0.3, 0.4) is 0 Å². The van der Waals surface area contributed by atoms with Crippen LogP contribution in [0.2, 0.25) is 0 Å². The first-order valence-corrected chi connectivity index (χ1v) is 6.29. The van der Waals surface area contributed by atoms with Crippen LogP contribution in [-0.2, 0) is 9.53 Å². The number of nitro benzene ring substituents is 1. The van der Waals surface area contributed by atoms with Gasteiger partial charge in [-0.1, -0.05) is 6.07 Å². The predicted molar refractivity (Wildman–Crippen MR) is 71.9 cm³/mol. The largest absolute Gasteiger partial charge is 0.480 e. The molecule has 1 aromatic carbocycles. The Labute approximate surface area is 115 Å². The highest BCUT2D eigenvalue weighted by Gasteiger charge is 2.40. The second-order valence-corrected chi connectivity index (χ2v) is 4.88. The van der Waals surface area contributed by atoms with Crippen LogP contribution in [0.4, 0.5) is 11.4 Å². The number of hydrogen-bond donors (Lipinski definition) is 2. The van der Waals surface area contributed by atoms with Crippen LogP contribution in [-0.4, -0.2) is 34.8 Å². The lowest BCUT2D eigenvalue weighted by molar-refractivity contribution is -0.385. The molecule has 0 radical (unpaired) electrons. The maximum Gasteiger partial charge on any atom is 0.329 e. The molecule has 108 valence electrons. The number of ether oxygens (including phenoxy) is 1. The number of benzene rings is 1. The highest BCUT2D eigenvalue weighted by Crippen LogP contribution is 2.29. The monoisotopic (exact) mass is 280 g/mol. The summed E-state index contributed by atoms with van der Waals surface area (Å²) in [4.78, 5) is 22.0. The number of carboxylic acids is 1. The number of anilines is 1. The first-order valence-electron chi connectivity index (χ1n) is 6.29.